The molecule has 7 N–H and O–H groups in total. The topological polar surface area (TPSA) is 231 Å². The summed E-state index contributed by atoms with van der Waals surface area (Å²) in [6, 6.07) is 0. The highest BCUT2D eigenvalue weighted by Gasteiger charge is 2.47. The Morgan fingerprint density at radius 2 is 0.917 bits per heavy atom. The van der Waals surface area contributed by atoms with Gasteiger partial charge < -0.3 is 64.2 Å². The van der Waals surface area contributed by atoms with Crippen molar-refractivity contribution in [3.05, 3.63) is 61.3 Å². The SMILES string of the molecule is C=CCCCCCCCCCCCCCCCC(=O)OC[C@H](CO[C@H]1O[C@@H](CO[C@H]2O[C@@H](CO)[C@@H](O)C(O)C2O)[C@@H](O)C(O)C1O)OC(=O)CCC/C=C/C/C=C/C/C=C/C/C=C/CCCCCCCCC. The molecule has 2 aliphatic heterocycles. The molecule has 2 aliphatic rings. The summed E-state index contributed by atoms with van der Waals surface area (Å²) in [6.45, 7) is 4.07. The highest BCUT2D eigenvalue weighted by Crippen LogP contribution is 2.26. The van der Waals surface area contributed by atoms with Gasteiger partial charge in [-0.1, -0.05) is 171 Å². The molecule has 0 spiro atoms. The molecule has 2 fully saturated rings. The van der Waals surface area contributed by atoms with Gasteiger partial charge >= 0.3 is 11.9 Å². The lowest BCUT2D eigenvalue weighted by atomic mass is 9.98. The molecule has 0 aromatic heterocycles. The number of hydrogen-bond donors (Lipinski definition) is 7. The summed E-state index contributed by atoms with van der Waals surface area (Å²) in [5, 5.41) is 72.2. The number of unbranched alkanes of at least 4 members (excludes halogenated alkanes) is 21. The Balaban J connectivity index is 1.80. The first-order chi connectivity index (χ1) is 35.0. The normalized spacial score (nSPS) is 25.3. The first-order valence-corrected chi connectivity index (χ1v) is 27.8. The number of aliphatic hydroxyl groups excluding tert-OH is 7. The summed E-state index contributed by atoms with van der Waals surface area (Å²) in [4.78, 5) is 25.8. The van der Waals surface area contributed by atoms with Gasteiger partial charge in [-0.05, 0) is 64.2 Å². The molecule has 0 aliphatic carbocycles. The molecule has 15 heteroatoms. The summed E-state index contributed by atoms with van der Waals surface area (Å²) in [7, 11) is 0. The van der Waals surface area contributed by atoms with E-state index in [9.17, 15) is 45.3 Å². The van der Waals surface area contributed by atoms with Gasteiger partial charge in [-0.2, -0.15) is 0 Å². The maximum atomic E-state index is 13.0. The van der Waals surface area contributed by atoms with Crippen LogP contribution in [0.5, 0.6) is 0 Å². The van der Waals surface area contributed by atoms with Gasteiger partial charge in [-0.25, -0.2) is 0 Å². The average molecular weight is 1020 g/mol. The van der Waals surface area contributed by atoms with Crippen molar-refractivity contribution in [1.29, 1.82) is 0 Å². The molecular formula is C57H98O15. The zero-order valence-electron chi connectivity index (χ0n) is 44.0. The number of aliphatic hydroxyl groups is 7. The van der Waals surface area contributed by atoms with Crippen LogP contribution in [0.2, 0.25) is 0 Å². The van der Waals surface area contributed by atoms with Crippen LogP contribution in [0.4, 0.5) is 0 Å². The predicted molar refractivity (Wildman–Crippen MR) is 280 cm³/mol. The fraction of sp³-hybridized carbons (Fsp3) is 0.789. The van der Waals surface area contributed by atoms with Crippen molar-refractivity contribution in [2.75, 3.05) is 26.4 Å². The van der Waals surface area contributed by atoms with Crippen molar-refractivity contribution in [2.24, 2.45) is 0 Å². The summed E-state index contributed by atoms with van der Waals surface area (Å²) < 4.78 is 33.6. The Morgan fingerprint density at radius 3 is 1.44 bits per heavy atom. The summed E-state index contributed by atoms with van der Waals surface area (Å²) in [6.07, 6.45) is 32.9. The van der Waals surface area contributed by atoms with E-state index in [1.165, 1.54) is 103 Å². The Labute approximate surface area is 432 Å². The van der Waals surface area contributed by atoms with Crippen LogP contribution in [-0.2, 0) is 38.0 Å². The molecule has 0 aromatic carbocycles. The summed E-state index contributed by atoms with van der Waals surface area (Å²) >= 11 is 0. The molecular weight excluding hydrogens is 925 g/mol. The van der Waals surface area contributed by atoms with Crippen LogP contribution in [0.1, 0.15) is 193 Å². The Morgan fingerprint density at radius 1 is 0.486 bits per heavy atom. The molecule has 0 radical (unpaired) electrons. The van der Waals surface area contributed by atoms with E-state index in [1.807, 2.05) is 18.2 Å². The van der Waals surface area contributed by atoms with Gasteiger partial charge in [0, 0.05) is 12.8 Å². The molecule has 15 nitrogen and oxygen atoms in total. The lowest BCUT2D eigenvalue weighted by molar-refractivity contribution is -0.332. The van der Waals surface area contributed by atoms with Crippen LogP contribution in [-0.4, -0.2) is 142 Å². The molecule has 0 amide bonds. The number of rotatable bonds is 44. The van der Waals surface area contributed by atoms with Crippen LogP contribution in [0, 0.1) is 0 Å². The number of carbonyl (C=O) groups is 2. The first-order valence-electron chi connectivity index (χ1n) is 27.8. The van der Waals surface area contributed by atoms with Crippen molar-refractivity contribution < 1.29 is 73.8 Å². The molecule has 2 heterocycles. The highest BCUT2D eigenvalue weighted by atomic mass is 16.7. The van der Waals surface area contributed by atoms with E-state index in [0.717, 1.165) is 51.4 Å². The van der Waals surface area contributed by atoms with Crippen molar-refractivity contribution >= 4 is 11.9 Å². The maximum Gasteiger partial charge on any atom is 0.306 e. The van der Waals surface area contributed by atoms with E-state index in [1.54, 1.807) is 0 Å². The minimum atomic E-state index is -1.78. The predicted octanol–water partition coefficient (Wildman–Crippen LogP) is 8.83. The van der Waals surface area contributed by atoms with E-state index in [-0.39, 0.29) is 19.4 Å². The number of esters is 2. The summed E-state index contributed by atoms with van der Waals surface area (Å²) in [5.41, 5.74) is 0. The fourth-order valence-electron chi connectivity index (χ4n) is 8.54. The third-order valence-electron chi connectivity index (χ3n) is 13.1. The smallest absolute Gasteiger partial charge is 0.306 e. The zero-order valence-corrected chi connectivity index (χ0v) is 44.0. The van der Waals surface area contributed by atoms with Gasteiger partial charge in [-0.3, -0.25) is 9.59 Å². The number of hydrogen-bond acceptors (Lipinski definition) is 15. The molecule has 0 aromatic rings. The van der Waals surface area contributed by atoms with Crippen LogP contribution in [0.25, 0.3) is 0 Å². The lowest BCUT2D eigenvalue weighted by Gasteiger charge is -2.42. The van der Waals surface area contributed by atoms with E-state index < -0.39 is 99.3 Å². The monoisotopic (exact) mass is 1020 g/mol. The Hall–Kier alpha value is -2.80. The largest absolute Gasteiger partial charge is 0.462 e. The third kappa shape index (κ3) is 30.5. The van der Waals surface area contributed by atoms with Gasteiger partial charge in [0.15, 0.2) is 18.7 Å². The van der Waals surface area contributed by atoms with Gasteiger partial charge in [0.25, 0.3) is 0 Å². The van der Waals surface area contributed by atoms with E-state index in [2.05, 4.69) is 50.0 Å². The summed E-state index contributed by atoms with van der Waals surface area (Å²) in [5.74, 6) is -0.992. The molecule has 2 saturated heterocycles. The Kier molecular flexibility index (Phi) is 39.4. The van der Waals surface area contributed by atoms with Crippen molar-refractivity contribution in [3.8, 4) is 0 Å². The number of carbonyl (C=O) groups excluding carboxylic acids is 2. The molecule has 416 valence electrons. The van der Waals surface area contributed by atoms with Crippen LogP contribution in [0.15, 0.2) is 61.3 Å². The molecule has 0 saturated carbocycles. The first kappa shape index (κ1) is 65.3. The van der Waals surface area contributed by atoms with Crippen molar-refractivity contribution in [1.82, 2.24) is 0 Å². The van der Waals surface area contributed by atoms with Crippen molar-refractivity contribution in [2.45, 2.75) is 261 Å². The second-order valence-electron chi connectivity index (χ2n) is 19.5. The van der Waals surface area contributed by atoms with E-state index in [0.29, 0.717) is 19.3 Å². The molecule has 4 unspecified atom stereocenters. The quantitative estimate of drug-likeness (QED) is 0.0172. The number of allylic oxidation sites excluding steroid dienone is 9. The fourth-order valence-corrected chi connectivity index (χ4v) is 8.54. The second-order valence-corrected chi connectivity index (χ2v) is 19.5. The third-order valence-corrected chi connectivity index (χ3v) is 13.1. The minimum absolute atomic E-state index is 0.0875. The van der Waals surface area contributed by atoms with Gasteiger partial charge in [0.05, 0.1) is 19.8 Å². The maximum absolute atomic E-state index is 13.0. The standard InChI is InChI=1S/C57H98O15/c1-3-5-7-9-11-13-15-17-19-20-21-22-23-24-26-28-30-32-34-36-38-40-49(60)70-45(42-67-48(59)39-37-35-33-31-29-27-25-18-16-14-12-10-8-6-4-2)43-68-56-55(66)53(64)51(62)47(72-56)44-69-57-54(65)52(63)50(61)46(41-58)71-57/h4,19-20,22-23,26,28,32,34,45-47,50-58,61-66H,2-3,5-18,21,24-25,27,29-31,33,35-44H2,1H3/b20-19+,23-22+,28-26+,34-32+/t45-,46+,47+,50-,51-,52?,53?,54?,55?,56+,57+/m1/s1. The van der Waals surface area contributed by atoms with Crippen molar-refractivity contribution in [3.63, 3.8) is 0 Å². The molecule has 0 bridgehead atoms. The van der Waals surface area contributed by atoms with Gasteiger partial charge in [0.2, 0.25) is 0 Å². The molecule has 72 heavy (non-hydrogen) atoms. The van der Waals surface area contributed by atoms with E-state index >= 15 is 0 Å². The highest BCUT2D eigenvalue weighted by molar-refractivity contribution is 5.70. The number of ether oxygens (including phenoxy) is 6. The molecule has 11 atom stereocenters. The Bertz CT molecular complexity index is 1470. The minimum Gasteiger partial charge on any atom is -0.462 e. The molecule has 2 rings (SSSR count). The second kappa shape index (κ2) is 43.4. The van der Waals surface area contributed by atoms with Gasteiger partial charge in [0.1, 0.15) is 55.4 Å². The van der Waals surface area contributed by atoms with Gasteiger partial charge in [-0.15, -0.1) is 6.58 Å². The average Bonchev–Trinajstić information content (AvgIpc) is 3.37. The van der Waals surface area contributed by atoms with Crippen LogP contribution in [0.3, 0.4) is 0 Å². The van der Waals surface area contributed by atoms with Crippen LogP contribution >= 0.6 is 0 Å². The van der Waals surface area contributed by atoms with E-state index in [4.69, 9.17) is 28.4 Å². The van der Waals surface area contributed by atoms with Crippen LogP contribution < -0.4 is 0 Å². The lowest BCUT2D eigenvalue weighted by Crippen LogP contribution is -2.61. The zero-order chi connectivity index (χ0) is 52.4.